The number of allylic oxidation sites excluding steroid dienone is 1. The van der Waals surface area contributed by atoms with Crippen molar-refractivity contribution in [2.45, 2.75) is 26.3 Å². The van der Waals surface area contributed by atoms with Gasteiger partial charge in [0.2, 0.25) is 0 Å². The van der Waals surface area contributed by atoms with E-state index >= 15 is 0 Å². The van der Waals surface area contributed by atoms with Gasteiger partial charge in [-0.3, -0.25) is 14.9 Å². The number of ether oxygens (including phenoxy) is 2. The van der Waals surface area contributed by atoms with Gasteiger partial charge in [0.15, 0.2) is 11.5 Å². The molecule has 136 valence electrons. The van der Waals surface area contributed by atoms with Gasteiger partial charge in [0.25, 0.3) is 11.6 Å². The van der Waals surface area contributed by atoms with E-state index in [-0.39, 0.29) is 30.1 Å². The smallest absolute Gasteiger partial charge is 0.326 e. The van der Waals surface area contributed by atoms with Crippen LogP contribution < -0.4 is 14.8 Å². The maximum Gasteiger partial charge on any atom is 0.326 e. The highest BCUT2D eigenvalue weighted by Gasteiger charge is 2.27. The second-order valence-corrected chi connectivity index (χ2v) is 4.88. The first-order valence-corrected chi connectivity index (χ1v) is 7.49. The number of aliphatic carboxylic acids is 1. The Kier molecular flexibility index (Phi) is 7.39. The van der Waals surface area contributed by atoms with Crippen molar-refractivity contribution in [2.24, 2.45) is 0 Å². The standard InChI is InChI=1S/C16H20N2O7/c1-4-6-7-11(16(20)21)17-15(19)10-8-14(25-5-2)13(24-3)9-12(10)18(22)23/h4,6,8-9,11H,5,7H2,1-3H3,(H,17,19)(H,20,21)/b6-4+. The maximum atomic E-state index is 12.4. The lowest BCUT2D eigenvalue weighted by molar-refractivity contribution is -0.385. The fourth-order valence-corrected chi connectivity index (χ4v) is 2.04. The predicted octanol–water partition coefficient (Wildman–Crippen LogP) is 2.15. The van der Waals surface area contributed by atoms with Crippen LogP contribution >= 0.6 is 0 Å². The van der Waals surface area contributed by atoms with Crippen LogP contribution in [0.3, 0.4) is 0 Å². The number of rotatable bonds is 9. The molecule has 0 radical (unpaired) electrons. The Bertz CT molecular complexity index is 685. The first kappa shape index (κ1) is 19.9. The van der Waals surface area contributed by atoms with E-state index in [2.05, 4.69) is 5.32 Å². The third kappa shape index (κ3) is 5.20. The Morgan fingerprint density at radius 2 is 2.08 bits per heavy atom. The summed E-state index contributed by atoms with van der Waals surface area (Å²) in [5.74, 6) is -1.87. The van der Waals surface area contributed by atoms with Crippen molar-refractivity contribution >= 4 is 17.6 Å². The lowest BCUT2D eigenvalue weighted by Gasteiger charge is -2.15. The summed E-state index contributed by atoms with van der Waals surface area (Å²) in [5, 5.41) is 22.7. The van der Waals surface area contributed by atoms with Crippen LogP contribution in [0, 0.1) is 10.1 Å². The van der Waals surface area contributed by atoms with Gasteiger partial charge in [0, 0.05) is 6.07 Å². The number of nitrogens with zero attached hydrogens (tertiary/aromatic N) is 1. The van der Waals surface area contributed by atoms with Gasteiger partial charge >= 0.3 is 5.97 Å². The lowest BCUT2D eigenvalue weighted by Crippen LogP contribution is -2.40. The molecule has 0 aromatic heterocycles. The van der Waals surface area contributed by atoms with Crippen molar-refractivity contribution in [3.05, 3.63) is 40.0 Å². The average molecular weight is 352 g/mol. The van der Waals surface area contributed by atoms with Gasteiger partial charge < -0.3 is 19.9 Å². The van der Waals surface area contributed by atoms with Crippen LogP contribution in [0.4, 0.5) is 5.69 Å². The van der Waals surface area contributed by atoms with E-state index in [9.17, 15) is 19.7 Å². The molecule has 0 spiro atoms. The SMILES string of the molecule is C/C=C/CC(NC(=O)c1cc(OCC)c(OC)cc1[N+](=O)[O-])C(=O)O. The average Bonchev–Trinajstić information content (AvgIpc) is 2.57. The second kappa shape index (κ2) is 9.26. The third-order valence-corrected chi connectivity index (χ3v) is 3.23. The fourth-order valence-electron chi connectivity index (χ4n) is 2.04. The summed E-state index contributed by atoms with van der Waals surface area (Å²) >= 11 is 0. The normalized spacial score (nSPS) is 11.8. The number of carboxylic acid groups (broad SMARTS) is 1. The van der Waals surface area contributed by atoms with Gasteiger partial charge in [-0.15, -0.1) is 0 Å². The Hall–Kier alpha value is -3.10. The summed E-state index contributed by atoms with van der Waals surface area (Å²) in [7, 11) is 1.32. The quantitative estimate of drug-likeness (QED) is 0.396. The maximum absolute atomic E-state index is 12.4. The Labute approximate surface area is 144 Å². The molecule has 0 fully saturated rings. The zero-order valence-electron chi connectivity index (χ0n) is 14.1. The molecule has 1 atom stereocenters. The van der Waals surface area contributed by atoms with Gasteiger partial charge in [-0.25, -0.2) is 4.79 Å². The topological polar surface area (TPSA) is 128 Å². The summed E-state index contributed by atoms with van der Waals surface area (Å²) in [6.07, 6.45) is 3.28. The van der Waals surface area contributed by atoms with Gasteiger partial charge in [-0.05, 0) is 20.3 Å². The number of methoxy groups -OCH3 is 1. The largest absolute Gasteiger partial charge is 0.493 e. The number of benzene rings is 1. The van der Waals surface area contributed by atoms with Crippen LogP contribution in [0.2, 0.25) is 0 Å². The number of nitro benzene ring substituents is 1. The van der Waals surface area contributed by atoms with Crippen molar-refractivity contribution in [1.29, 1.82) is 0 Å². The van der Waals surface area contributed by atoms with E-state index in [0.717, 1.165) is 6.07 Å². The number of nitro groups is 1. The van der Waals surface area contributed by atoms with E-state index in [0.29, 0.717) is 0 Å². The molecule has 1 aromatic carbocycles. The van der Waals surface area contributed by atoms with E-state index in [4.69, 9.17) is 14.6 Å². The van der Waals surface area contributed by atoms with Crippen LogP contribution in [0.5, 0.6) is 11.5 Å². The molecule has 0 aliphatic heterocycles. The molecule has 1 unspecified atom stereocenters. The molecule has 0 saturated carbocycles. The molecular weight excluding hydrogens is 332 g/mol. The van der Waals surface area contributed by atoms with Gasteiger partial charge in [-0.2, -0.15) is 0 Å². The molecule has 9 heteroatoms. The van der Waals surface area contributed by atoms with Crippen LogP contribution in [0.15, 0.2) is 24.3 Å². The molecule has 1 amide bonds. The van der Waals surface area contributed by atoms with Crippen LogP contribution in [0.1, 0.15) is 30.6 Å². The summed E-state index contributed by atoms with van der Waals surface area (Å²) < 4.78 is 10.3. The van der Waals surface area contributed by atoms with Gasteiger partial charge in [0.1, 0.15) is 11.6 Å². The zero-order chi connectivity index (χ0) is 19.0. The van der Waals surface area contributed by atoms with Crippen molar-refractivity contribution in [3.63, 3.8) is 0 Å². The summed E-state index contributed by atoms with van der Waals surface area (Å²) in [5.41, 5.74) is -0.811. The minimum Gasteiger partial charge on any atom is -0.493 e. The van der Waals surface area contributed by atoms with E-state index in [1.54, 1.807) is 26.0 Å². The first-order chi connectivity index (χ1) is 11.8. The van der Waals surface area contributed by atoms with Crippen molar-refractivity contribution in [2.75, 3.05) is 13.7 Å². The van der Waals surface area contributed by atoms with E-state index in [1.165, 1.54) is 13.2 Å². The van der Waals surface area contributed by atoms with E-state index < -0.39 is 28.5 Å². The Balaban J connectivity index is 3.27. The van der Waals surface area contributed by atoms with Crippen LogP contribution in [0.25, 0.3) is 0 Å². The Morgan fingerprint density at radius 1 is 1.40 bits per heavy atom. The van der Waals surface area contributed by atoms with Crippen LogP contribution in [-0.2, 0) is 4.79 Å². The molecule has 2 N–H and O–H groups in total. The number of nitrogens with one attached hydrogen (secondary N) is 1. The minimum atomic E-state index is -1.24. The van der Waals surface area contributed by atoms with Gasteiger partial charge in [0.05, 0.1) is 24.7 Å². The highest BCUT2D eigenvalue weighted by Crippen LogP contribution is 2.34. The lowest BCUT2D eigenvalue weighted by atomic mass is 10.1. The Morgan fingerprint density at radius 3 is 2.56 bits per heavy atom. The molecule has 0 saturated heterocycles. The fraction of sp³-hybridized carbons (Fsp3) is 0.375. The highest BCUT2D eigenvalue weighted by atomic mass is 16.6. The summed E-state index contributed by atoms with van der Waals surface area (Å²) in [6.45, 7) is 3.68. The number of carbonyl (C=O) groups excluding carboxylic acids is 1. The predicted molar refractivity (Wildman–Crippen MR) is 89.1 cm³/mol. The molecule has 0 bridgehead atoms. The van der Waals surface area contributed by atoms with Crippen molar-refractivity contribution < 1.29 is 29.1 Å². The summed E-state index contributed by atoms with van der Waals surface area (Å²) in [4.78, 5) is 34.2. The molecule has 0 aliphatic rings. The molecule has 0 heterocycles. The third-order valence-electron chi connectivity index (χ3n) is 3.23. The van der Waals surface area contributed by atoms with Gasteiger partial charge in [-0.1, -0.05) is 12.2 Å². The molecule has 1 aromatic rings. The highest BCUT2D eigenvalue weighted by molar-refractivity contribution is 6.00. The molecule has 0 aliphatic carbocycles. The number of hydrogen-bond acceptors (Lipinski definition) is 6. The summed E-state index contributed by atoms with van der Waals surface area (Å²) in [6, 6.07) is 1.03. The van der Waals surface area contributed by atoms with E-state index in [1.807, 2.05) is 0 Å². The number of hydrogen-bond donors (Lipinski definition) is 2. The number of carboxylic acids is 1. The molecule has 9 nitrogen and oxygen atoms in total. The first-order valence-electron chi connectivity index (χ1n) is 7.49. The second-order valence-electron chi connectivity index (χ2n) is 4.88. The minimum absolute atomic E-state index is 0.0554. The zero-order valence-corrected chi connectivity index (χ0v) is 14.1. The van der Waals surface area contributed by atoms with Crippen LogP contribution in [-0.4, -0.2) is 41.7 Å². The molecular formula is C16H20N2O7. The number of carbonyl (C=O) groups is 2. The van der Waals surface area contributed by atoms with Crippen molar-refractivity contribution in [3.8, 4) is 11.5 Å². The molecule has 1 rings (SSSR count). The van der Waals surface area contributed by atoms with Crippen molar-refractivity contribution in [1.82, 2.24) is 5.32 Å². The monoisotopic (exact) mass is 352 g/mol. The number of amides is 1. The molecule has 25 heavy (non-hydrogen) atoms.